The van der Waals surface area contributed by atoms with Crippen LogP contribution in [0.5, 0.6) is 0 Å². The summed E-state index contributed by atoms with van der Waals surface area (Å²) in [7, 11) is 0. The fourth-order valence-electron chi connectivity index (χ4n) is 0.531. The van der Waals surface area contributed by atoms with Gasteiger partial charge in [-0.2, -0.15) is 0 Å². The van der Waals surface area contributed by atoms with Crippen molar-refractivity contribution in [3.05, 3.63) is 24.0 Å². The standard InChI is InChI=1S/C6H7N3O/c1-4(2)6(10)5-3-7-9-8-5/h3H,1H2,2H3,(H,7,8,9). The third kappa shape index (κ3) is 1.10. The van der Waals surface area contributed by atoms with E-state index in [9.17, 15) is 4.79 Å². The summed E-state index contributed by atoms with van der Waals surface area (Å²) in [4.78, 5) is 11.0. The van der Waals surface area contributed by atoms with Crippen LogP contribution in [0.4, 0.5) is 0 Å². The largest absolute Gasteiger partial charge is 0.287 e. The summed E-state index contributed by atoms with van der Waals surface area (Å²) < 4.78 is 0. The van der Waals surface area contributed by atoms with Crippen molar-refractivity contribution in [1.82, 2.24) is 15.4 Å². The predicted molar refractivity (Wildman–Crippen MR) is 35.5 cm³/mol. The smallest absolute Gasteiger partial charge is 0.209 e. The molecule has 1 heterocycles. The Kier molecular flexibility index (Phi) is 1.62. The predicted octanol–water partition coefficient (Wildman–Crippen LogP) is 0.563. The molecule has 1 rings (SSSR count). The van der Waals surface area contributed by atoms with E-state index in [2.05, 4.69) is 22.0 Å². The van der Waals surface area contributed by atoms with Gasteiger partial charge in [-0.05, 0) is 12.5 Å². The first-order chi connectivity index (χ1) is 4.72. The van der Waals surface area contributed by atoms with Gasteiger partial charge in [0, 0.05) is 0 Å². The van der Waals surface area contributed by atoms with Crippen molar-refractivity contribution in [2.75, 3.05) is 0 Å². The van der Waals surface area contributed by atoms with Crippen LogP contribution < -0.4 is 0 Å². The van der Waals surface area contributed by atoms with Gasteiger partial charge < -0.3 is 0 Å². The van der Waals surface area contributed by atoms with E-state index in [0.29, 0.717) is 11.3 Å². The van der Waals surface area contributed by atoms with Gasteiger partial charge in [0.15, 0.2) is 5.69 Å². The molecule has 0 saturated carbocycles. The number of carbonyl (C=O) groups excluding carboxylic acids is 1. The van der Waals surface area contributed by atoms with E-state index in [1.165, 1.54) is 6.20 Å². The zero-order valence-electron chi connectivity index (χ0n) is 5.59. The minimum atomic E-state index is -0.172. The maximum atomic E-state index is 11.0. The number of ketones is 1. The van der Waals surface area contributed by atoms with Gasteiger partial charge in [0.1, 0.15) is 0 Å². The lowest BCUT2D eigenvalue weighted by Gasteiger charge is -1.88. The van der Waals surface area contributed by atoms with Crippen molar-refractivity contribution >= 4 is 5.78 Å². The minimum absolute atomic E-state index is 0.172. The first-order valence-electron chi connectivity index (χ1n) is 2.78. The summed E-state index contributed by atoms with van der Waals surface area (Å²) in [6.07, 6.45) is 1.44. The normalized spacial score (nSPS) is 9.30. The maximum Gasteiger partial charge on any atom is 0.209 e. The number of aromatic amines is 1. The van der Waals surface area contributed by atoms with E-state index < -0.39 is 0 Å². The molecule has 0 aromatic carbocycles. The second-order valence-corrected chi connectivity index (χ2v) is 1.97. The molecule has 0 bridgehead atoms. The summed E-state index contributed by atoms with van der Waals surface area (Å²) in [5.74, 6) is -0.172. The molecule has 0 saturated heterocycles. The summed E-state index contributed by atoms with van der Waals surface area (Å²) in [6, 6.07) is 0. The van der Waals surface area contributed by atoms with E-state index >= 15 is 0 Å². The summed E-state index contributed by atoms with van der Waals surface area (Å²) in [6.45, 7) is 5.12. The molecule has 0 spiro atoms. The van der Waals surface area contributed by atoms with Crippen LogP contribution in [-0.2, 0) is 0 Å². The average Bonchev–Trinajstić information content (AvgIpc) is 2.36. The Morgan fingerprint density at radius 1 is 1.80 bits per heavy atom. The van der Waals surface area contributed by atoms with Crippen molar-refractivity contribution in [3.63, 3.8) is 0 Å². The molecule has 0 aliphatic carbocycles. The van der Waals surface area contributed by atoms with Crippen molar-refractivity contribution in [3.8, 4) is 0 Å². The SMILES string of the molecule is C=C(C)C(=O)c1c[nH]nn1. The van der Waals surface area contributed by atoms with Gasteiger partial charge in [0.2, 0.25) is 5.78 Å². The minimum Gasteiger partial charge on any atom is -0.287 e. The van der Waals surface area contributed by atoms with E-state index in [4.69, 9.17) is 0 Å². The third-order valence-corrected chi connectivity index (χ3v) is 1.04. The molecule has 0 aliphatic rings. The molecule has 0 atom stereocenters. The lowest BCUT2D eigenvalue weighted by molar-refractivity contribution is 0.103. The highest BCUT2D eigenvalue weighted by Crippen LogP contribution is 1.99. The quantitative estimate of drug-likeness (QED) is 0.478. The van der Waals surface area contributed by atoms with Crippen LogP contribution >= 0.6 is 0 Å². The highest BCUT2D eigenvalue weighted by Gasteiger charge is 2.07. The molecule has 4 nitrogen and oxygen atoms in total. The number of nitrogens with one attached hydrogen (secondary N) is 1. The van der Waals surface area contributed by atoms with Crippen LogP contribution in [0.2, 0.25) is 0 Å². The number of rotatable bonds is 2. The van der Waals surface area contributed by atoms with Crippen molar-refractivity contribution in [1.29, 1.82) is 0 Å². The Bertz CT molecular complexity index is 250. The van der Waals surface area contributed by atoms with Crippen molar-refractivity contribution in [2.45, 2.75) is 6.92 Å². The topological polar surface area (TPSA) is 58.6 Å². The first-order valence-corrected chi connectivity index (χ1v) is 2.78. The van der Waals surface area contributed by atoms with Crippen molar-refractivity contribution < 1.29 is 4.79 Å². The van der Waals surface area contributed by atoms with Gasteiger partial charge in [-0.25, -0.2) is 0 Å². The molecule has 4 heteroatoms. The fraction of sp³-hybridized carbons (Fsp3) is 0.167. The van der Waals surface area contributed by atoms with Crippen LogP contribution in [0.25, 0.3) is 0 Å². The zero-order valence-corrected chi connectivity index (χ0v) is 5.59. The highest BCUT2D eigenvalue weighted by molar-refractivity contribution is 6.06. The number of allylic oxidation sites excluding steroid dienone is 1. The molecule has 52 valence electrons. The molecule has 0 aliphatic heterocycles. The zero-order chi connectivity index (χ0) is 7.56. The van der Waals surface area contributed by atoms with Gasteiger partial charge in [-0.1, -0.05) is 11.8 Å². The molecular weight excluding hydrogens is 130 g/mol. The number of hydrogen-bond donors (Lipinski definition) is 1. The molecule has 10 heavy (non-hydrogen) atoms. The van der Waals surface area contributed by atoms with Crippen LogP contribution in [-0.4, -0.2) is 21.2 Å². The van der Waals surface area contributed by atoms with Crippen molar-refractivity contribution in [2.24, 2.45) is 0 Å². The molecule has 1 N–H and O–H groups in total. The van der Waals surface area contributed by atoms with E-state index in [0.717, 1.165) is 0 Å². The number of H-pyrrole nitrogens is 1. The van der Waals surface area contributed by atoms with E-state index in [-0.39, 0.29) is 5.78 Å². The van der Waals surface area contributed by atoms with Crippen LogP contribution in [0, 0.1) is 0 Å². The molecule has 0 radical (unpaired) electrons. The second-order valence-electron chi connectivity index (χ2n) is 1.97. The molecule has 0 unspecified atom stereocenters. The summed E-state index contributed by atoms with van der Waals surface area (Å²) in [5.41, 5.74) is 0.779. The summed E-state index contributed by atoms with van der Waals surface area (Å²) in [5, 5.41) is 9.35. The number of carbonyl (C=O) groups is 1. The first kappa shape index (κ1) is 6.67. The monoisotopic (exact) mass is 137 g/mol. The van der Waals surface area contributed by atoms with E-state index in [1.807, 2.05) is 0 Å². The number of nitrogens with zero attached hydrogens (tertiary/aromatic N) is 2. The second kappa shape index (κ2) is 2.43. The molecule has 1 aromatic rings. The van der Waals surface area contributed by atoms with Gasteiger partial charge in [0.25, 0.3) is 0 Å². The highest BCUT2D eigenvalue weighted by atomic mass is 16.1. The van der Waals surface area contributed by atoms with Gasteiger partial charge in [0.05, 0.1) is 6.20 Å². The lowest BCUT2D eigenvalue weighted by atomic mass is 10.2. The van der Waals surface area contributed by atoms with E-state index in [1.54, 1.807) is 6.92 Å². The molecular formula is C6H7N3O. The lowest BCUT2D eigenvalue weighted by Crippen LogP contribution is -1.99. The summed E-state index contributed by atoms with van der Waals surface area (Å²) >= 11 is 0. The number of Topliss-reactive ketones (excluding diaryl/α,β-unsaturated/α-hetero) is 1. The van der Waals surface area contributed by atoms with Crippen LogP contribution in [0.1, 0.15) is 17.4 Å². The Hall–Kier alpha value is -1.45. The Morgan fingerprint density at radius 2 is 2.50 bits per heavy atom. The molecule has 0 fully saturated rings. The van der Waals surface area contributed by atoms with Gasteiger partial charge in [-0.15, -0.1) is 5.10 Å². The average molecular weight is 137 g/mol. The number of aromatic nitrogens is 3. The maximum absolute atomic E-state index is 11.0. The number of hydrogen-bond acceptors (Lipinski definition) is 3. The fourth-order valence-corrected chi connectivity index (χ4v) is 0.531. The van der Waals surface area contributed by atoms with Gasteiger partial charge in [-0.3, -0.25) is 9.89 Å². The van der Waals surface area contributed by atoms with Crippen LogP contribution in [0.3, 0.4) is 0 Å². The molecule has 1 aromatic heterocycles. The third-order valence-electron chi connectivity index (χ3n) is 1.04. The molecule has 0 amide bonds. The van der Waals surface area contributed by atoms with Crippen LogP contribution in [0.15, 0.2) is 18.3 Å². The Balaban J connectivity index is 2.88. The van der Waals surface area contributed by atoms with Gasteiger partial charge >= 0.3 is 0 Å². The Labute approximate surface area is 57.9 Å². The Morgan fingerprint density at radius 3 is 2.90 bits per heavy atom.